The Morgan fingerprint density at radius 1 is 1.06 bits per heavy atom. The van der Waals surface area contributed by atoms with E-state index in [0.717, 1.165) is 49.5 Å². The number of aryl methyl sites for hydroxylation is 1. The molecule has 0 aliphatic carbocycles. The van der Waals surface area contributed by atoms with Crippen molar-refractivity contribution >= 4 is 32.4 Å². The molecule has 1 amide bonds. The maximum Gasteiger partial charge on any atom is 0.266 e. The van der Waals surface area contributed by atoms with Gasteiger partial charge in [0, 0.05) is 32.7 Å². The first-order chi connectivity index (χ1) is 15.8. The van der Waals surface area contributed by atoms with Crippen molar-refractivity contribution in [3.63, 3.8) is 0 Å². The zero-order valence-corrected chi connectivity index (χ0v) is 19.8. The van der Waals surface area contributed by atoms with Crippen molar-refractivity contribution in [3.8, 4) is 0 Å². The number of thiazole rings is 1. The summed E-state index contributed by atoms with van der Waals surface area (Å²) >= 11 is 1.01. The fourth-order valence-corrected chi connectivity index (χ4v) is 5.85. The van der Waals surface area contributed by atoms with Gasteiger partial charge in [-0.1, -0.05) is 41.7 Å². The molecule has 4 rings (SSSR count). The van der Waals surface area contributed by atoms with E-state index < -0.39 is 15.8 Å². The second-order valence-corrected chi connectivity index (χ2v) is 10.5. The largest absolute Gasteiger partial charge is 0.335 e. The molecule has 0 bridgehead atoms. The lowest BCUT2D eigenvalue weighted by Crippen LogP contribution is -2.49. The Balaban J connectivity index is 1.35. The van der Waals surface area contributed by atoms with Crippen molar-refractivity contribution < 1.29 is 17.6 Å². The van der Waals surface area contributed by atoms with Crippen LogP contribution in [0.2, 0.25) is 0 Å². The van der Waals surface area contributed by atoms with Crippen LogP contribution in [0, 0.1) is 12.7 Å². The molecule has 0 spiro atoms. The molecule has 2 heterocycles. The van der Waals surface area contributed by atoms with Gasteiger partial charge in [0.05, 0.1) is 10.6 Å². The van der Waals surface area contributed by atoms with Gasteiger partial charge in [0.25, 0.3) is 15.9 Å². The van der Waals surface area contributed by atoms with E-state index in [2.05, 4.69) is 26.7 Å². The first-order valence-corrected chi connectivity index (χ1v) is 12.9. The molecule has 1 aromatic heterocycles. The molecule has 1 fully saturated rings. The van der Waals surface area contributed by atoms with Crippen LogP contribution in [0.25, 0.3) is 0 Å². The van der Waals surface area contributed by atoms with E-state index in [1.807, 2.05) is 18.2 Å². The van der Waals surface area contributed by atoms with Gasteiger partial charge in [-0.2, -0.15) is 0 Å². The maximum absolute atomic E-state index is 13.1. The second-order valence-electron chi connectivity index (χ2n) is 7.86. The quantitative estimate of drug-likeness (QED) is 0.551. The van der Waals surface area contributed by atoms with Crippen LogP contribution in [0.3, 0.4) is 0 Å². The summed E-state index contributed by atoms with van der Waals surface area (Å²) in [7, 11) is -3.92. The lowest BCUT2D eigenvalue weighted by molar-refractivity contribution is 0.0642. The minimum atomic E-state index is -3.92. The third kappa shape index (κ3) is 5.76. The highest BCUT2D eigenvalue weighted by Crippen LogP contribution is 2.27. The van der Waals surface area contributed by atoms with Crippen LogP contribution in [0.1, 0.15) is 20.9 Å². The number of nitrogens with zero attached hydrogens (tertiary/aromatic N) is 3. The van der Waals surface area contributed by atoms with E-state index >= 15 is 0 Å². The van der Waals surface area contributed by atoms with Crippen LogP contribution in [-0.4, -0.2) is 61.8 Å². The fourth-order valence-electron chi connectivity index (χ4n) is 3.68. The van der Waals surface area contributed by atoms with Crippen molar-refractivity contribution in [2.75, 3.05) is 37.4 Å². The van der Waals surface area contributed by atoms with E-state index in [1.54, 1.807) is 11.8 Å². The molecule has 3 aromatic rings. The van der Waals surface area contributed by atoms with Crippen LogP contribution in [0.5, 0.6) is 0 Å². The van der Waals surface area contributed by atoms with Gasteiger partial charge in [0.1, 0.15) is 10.7 Å². The summed E-state index contributed by atoms with van der Waals surface area (Å²) in [5.41, 5.74) is 1.78. The third-order valence-corrected chi connectivity index (χ3v) is 8.10. The second kappa shape index (κ2) is 9.98. The van der Waals surface area contributed by atoms with Gasteiger partial charge in [0.2, 0.25) is 0 Å². The Morgan fingerprint density at radius 3 is 2.39 bits per heavy atom. The van der Waals surface area contributed by atoms with Crippen molar-refractivity contribution in [2.24, 2.45) is 0 Å². The Morgan fingerprint density at radius 2 is 1.73 bits per heavy atom. The molecule has 33 heavy (non-hydrogen) atoms. The number of sulfonamides is 1. The molecule has 2 aromatic carbocycles. The van der Waals surface area contributed by atoms with Gasteiger partial charge in [-0.05, 0) is 43.2 Å². The van der Waals surface area contributed by atoms with Crippen LogP contribution in [0.15, 0.2) is 59.5 Å². The smallest absolute Gasteiger partial charge is 0.266 e. The van der Waals surface area contributed by atoms with Crippen molar-refractivity contribution in [1.29, 1.82) is 0 Å². The number of piperazine rings is 1. The average molecular weight is 489 g/mol. The molecular formula is C23H25FN4O3S2. The molecule has 174 valence electrons. The zero-order valence-electron chi connectivity index (χ0n) is 18.2. The number of halogens is 1. The Labute approximate surface area is 196 Å². The lowest BCUT2D eigenvalue weighted by atomic mass is 10.1. The fraction of sp³-hybridized carbons (Fsp3) is 0.304. The lowest BCUT2D eigenvalue weighted by Gasteiger charge is -2.34. The molecule has 1 aliphatic heterocycles. The van der Waals surface area contributed by atoms with Crippen molar-refractivity contribution in [1.82, 2.24) is 14.8 Å². The number of nitrogens with one attached hydrogen (secondary N) is 1. The zero-order chi connectivity index (χ0) is 23.4. The molecule has 0 unspecified atom stereocenters. The Kier molecular flexibility index (Phi) is 7.06. The first-order valence-electron chi connectivity index (χ1n) is 10.6. The van der Waals surface area contributed by atoms with Gasteiger partial charge < -0.3 is 4.90 Å². The summed E-state index contributed by atoms with van der Waals surface area (Å²) < 4.78 is 40.6. The standard InChI is InChI=1S/C23H25FN4O3S2/c1-17-21(32-23(25-17)26-33(30,31)20-9-7-19(24)8-10-20)22(29)28-15-13-27(14-16-28)12-11-18-5-3-2-4-6-18/h2-10H,11-16H2,1H3,(H,25,26). The van der Waals surface area contributed by atoms with E-state index in [-0.39, 0.29) is 15.9 Å². The summed E-state index contributed by atoms with van der Waals surface area (Å²) in [6.45, 7) is 5.45. The van der Waals surface area contributed by atoms with Gasteiger partial charge in [-0.25, -0.2) is 17.8 Å². The molecule has 1 N–H and O–H groups in total. The number of rotatable bonds is 7. The Hall–Kier alpha value is -2.82. The predicted octanol–water partition coefficient (Wildman–Crippen LogP) is 3.39. The number of benzene rings is 2. The van der Waals surface area contributed by atoms with Crippen LogP contribution in [-0.2, 0) is 16.4 Å². The van der Waals surface area contributed by atoms with E-state index in [0.29, 0.717) is 23.7 Å². The number of amides is 1. The van der Waals surface area contributed by atoms with Gasteiger partial charge in [-0.3, -0.25) is 14.4 Å². The van der Waals surface area contributed by atoms with Gasteiger partial charge >= 0.3 is 0 Å². The normalized spacial score (nSPS) is 14.9. The number of anilines is 1. The third-order valence-electron chi connectivity index (χ3n) is 5.56. The molecule has 7 nitrogen and oxygen atoms in total. The SMILES string of the molecule is Cc1nc(NS(=O)(=O)c2ccc(F)cc2)sc1C(=O)N1CCN(CCc2ccccc2)CC1. The highest BCUT2D eigenvalue weighted by atomic mass is 32.2. The molecular weight excluding hydrogens is 463 g/mol. The summed E-state index contributed by atoms with van der Waals surface area (Å²) in [4.78, 5) is 21.8. The monoisotopic (exact) mass is 488 g/mol. The number of hydrogen-bond donors (Lipinski definition) is 1. The average Bonchev–Trinajstić information content (AvgIpc) is 3.17. The maximum atomic E-state index is 13.1. The molecule has 1 saturated heterocycles. The van der Waals surface area contributed by atoms with Crippen molar-refractivity contribution in [2.45, 2.75) is 18.2 Å². The molecule has 0 radical (unpaired) electrons. The number of aromatic nitrogens is 1. The number of hydrogen-bond acceptors (Lipinski definition) is 6. The minimum absolute atomic E-state index is 0.0729. The molecule has 0 atom stereocenters. The minimum Gasteiger partial charge on any atom is -0.335 e. The summed E-state index contributed by atoms with van der Waals surface area (Å²) in [6, 6.07) is 14.8. The highest BCUT2D eigenvalue weighted by Gasteiger charge is 2.26. The van der Waals surface area contributed by atoms with E-state index in [4.69, 9.17) is 0 Å². The molecule has 0 saturated carbocycles. The number of carbonyl (C=O) groups is 1. The number of carbonyl (C=O) groups excluding carboxylic acids is 1. The molecule has 10 heteroatoms. The van der Waals surface area contributed by atoms with Crippen LogP contribution < -0.4 is 4.72 Å². The predicted molar refractivity (Wildman–Crippen MR) is 127 cm³/mol. The van der Waals surface area contributed by atoms with Gasteiger partial charge in [-0.15, -0.1) is 0 Å². The summed E-state index contributed by atoms with van der Waals surface area (Å²) in [6.07, 6.45) is 0.973. The van der Waals surface area contributed by atoms with Crippen LogP contribution in [0.4, 0.5) is 9.52 Å². The topological polar surface area (TPSA) is 82.6 Å². The molecule has 1 aliphatic rings. The van der Waals surface area contributed by atoms with Crippen molar-refractivity contribution in [3.05, 3.63) is 76.5 Å². The summed E-state index contributed by atoms with van der Waals surface area (Å²) in [5.74, 6) is -0.660. The Bertz CT molecular complexity index is 1210. The summed E-state index contributed by atoms with van der Waals surface area (Å²) in [5, 5.41) is 0.113. The van der Waals surface area contributed by atoms with Gasteiger partial charge in [0.15, 0.2) is 5.13 Å². The first kappa shape index (κ1) is 23.3. The van der Waals surface area contributed by atoms with Crippen LogP contribution >= 0.6 is 11.3 Å². The highest BCUT2D eigenvalue weighted by molar-refractivity contribution is 7.93. The van der Waals surface area contributed by atoms with E-state index in [1.165, 1.54) is 17.7 Å². The van der Waals surface area contributed by atoms with E-state index in [9.17, 15) is 17.6 Å².